The molecule has 0 saturated carbocycles. The molecular weight excluding hydrogens is 240 g/mol. The van der Waals surface area contributed by atoms with Gasteiger partial charge >= 0.3 is 0 Å². The molecule has 1 aromatic carbocycles. The Labute approximate surface area is 115 Å². The van der Waals surface area contributed by atoms with E-state index in [-0.39, 0.29) is 18.0 Å². The van der Waals surface area contributed by atoms with Crippen LogP contribution < -0.4 is 0 Å². The minimum atomic E-state index is -0.813. The van der Waals surface area contributed by atoms with E-state index in [0.29, 0.717) is 5.56 Å². The molecule has 0 saturated heterocycles. The molecule has 0 unspecified atom stereocenters. The molecule has 0 aliphatic carbocycles. The SMILES string of the molecule is CC[C@@H](C)OC(O[C@H](C)CC)C(=O)c1ccccc1. The highest BCUT2D eigenvalue weighted by molar-refractivity contribution is 5.98. The molecule has 0 aliphatic heterocycles. The first-order valence-electron chi connectivity index (χ1n) is 6.98. The van der Waals surface area contributed by atoms with Crippen molar-refractivity contribution in [2.75, 3.05) is 0 Å². The third kappa shape index (κ3) is 5.13. The summed E-state index contributed by atoms with van der Waals surface area (Å²) in [5.41, 5.74) is 0.624. The molecule has 0 radical (unpaired) electrons. The van der Waals surface area contributed by atoms with Gasteiger partial charge in [0.15, 0.2) is 0 Å². The van der Waals surface area contributed by atoms with Crippen LogP contribution in [-0.2, 0) is 9.47 Å². The van der Waals surface area contributed by atoms with Crippen LogP contribution >= 0.6 is 0 Å². The van der Waals surface area contributed by atoms with Crippen LogP contribution in [0.25, 0.3) is 0 Å². The van der Waals surface area contributed by atoms with Crippen LogP contribution in [0, 0.1) is 0 Å². The fourth-order valence-corrected chi connectivity index (χ4v) is 1.51. The minimum Gasteiger partial charge on any atom is -0.343 e. The molecule has 106 valence electrons. The predicted molar refractivity (Wildman–Crippen MR) is 76.2 cm³/mol. The van der Waals surface area contributed by atoms with Crippen LogP contribution in [0.5, 0.6) is 0 Å². The first-order chi connectivity index (χ1) is 9.08. The summed E-state index contributed by atoms with van der Waals surface area (Å²) in [5, 5.41) is 0. The molecule has 0 aliphatic rings. The highest BCUT2D eigenvalue weighted by atomic mass is 16.7. The molecule has 0 fully saturated rings. The highest BCUT2D eigenvalue weighted by Gasteiger charge is 2.25. The average Bonchev–Trinajstić information content (AvgIpc) is 2.46. The molecule has 3 heteroatoms. The van der Waals surface area contributed by atoms with Crippen molar-refractivity contribution in [2.24, 2.45) is 0 Å². The molecular formula is C16H24O3. The van der Waals surface area contributed by atoms with Gasteiger partial charge in [0.1, 0.15) is 0 Å². The second kappa shape index (κ2) is 8.08. The van der Waals surface area contributed by atoms with E-state index in [0.717, 1.165) is 12.8 Å². The number of benzene rings is 1. The molecule has 0 N–H and O–H groups in total. The maximum atomic E-state index is 12.4. The number of carbonyl (C=O) groups is 1. The maximum absolute atomic E-state index is 12.4. The zero-order valence-corrected chi connectivity index (χ0v) is 12.3. The molecule has 1 rings (SSSR count). The lowest BCUT2D eigenvalue weighted by molar-refractivity contribution is -0.161. The lowest BCUT2D eigenvalue weighted by Crippen LogP contribution is -2.33. The van der Waals surface area contributed by atoms with Gasteiger partial charge in [-0.3, -0.25) is 4.79 Å². The van der Waals surface area contributed by atoms with Crippen LogP contribution in [0.2, 0.25) is 0 Å². The predicted octanol–water partition coefficient (Wildman–Crippen LogP) is 3.83. The largest absolute Gasteiger partial charge is 0.343 e. The van der Waals surface area contributed by atoms with Gasteiger partial charge in [0.2, 0.25) is 12.1 Å². The van der Waals surface area contributed by atoms with Crippen LogP contribution in [0.4, 0.5) is 0 Å². The zero-order chi connectivity index (χ0) is 14.3. The minimum absolute atomic E-state index is 0.00159. The summed E-state index contributed by atoms with van der Waals surface area (Å²) in [6.45, 7) is 7.95. The van der Waals surface area contributed by atoms with Gasteiger partial charge in [-0.15, -0.1) is 0 Å². The van der Waals surface area contributed by atoms with Crippen molar-refractivity contribution in [2.45, 2.75) is 59.0 Å². The van der Waals surface area contributed by atoms with Crippen molar-refractivity contribution in [3.05, 3.63) is 35.9 Å². The average molecular weight is 264 g/mol. The van der Waals surface area contributed by atoms with Gasteiger partial charge in [0, 0.05) is 5.56 Å². The Hall–Kier alpha value is -1.19. The summed E-state index contributed by atoms with van der Waals surface area (Å²) in [5.74, 6) is -0.110. The van der Waals surface area contributed by atoms with Crippen LogP contribution in [0.15, 0.2) is 30.3 Å². The standard InChI is InChI=1S/C16H24O3/c1-5-12(3)18-16(19-13(4)6-2)15(17)14-10-8-7-9-11-14/h7-13,16H,5-6H2,1-4H3/t12-,13-/m1/s1. The highest BCUT2D eigenvalue weighted by Crippen LogP contribution is 2.14. The summed E-state index contributed by atoms with van der Waals surface area (Å²) in [4.78, 5) is 12.4. The van der Waals surface area contributed by atoms with E-state index < -0.39 is 6.29 Å². The maximum Gasteiger partial charge on any atom is 0.223 e. The van der Waals surface area contributed by atoms with Crippen molar-refractivity contribution >= 4 is 5.78 Å². The van der Waals surface area contributed by atoms with Gasteiger partial charge in [-0.2, -0.15) is 0 Å². The Balaban J connectivity index is 2.80. The molecule has 1 aromatic rings. The fourth-order valence-electron chi connectivity index (χ4n) is 1.51. The third-order valence-electron chi connectivity index (χ3n) is 3.13. The number of ether oxygens (including phenoxy) is 2. The molecule has 0 heterocycles. The molecule has 2 atom stereocenters. The monoisotopic (exact) mass is 264 g/mol. The summed E-state index contributed by atoms with van der Waals surface area (Å²) in [7, 11) is 0. The second-order valence-electron chi connectivity index (χ2n) is 4.77. The molecule has 0 aromatic heterocycles. The van der Waals surface area contributed by atoms with Gasteiger partial charge in [-0.25, -0.2) is 0 Å². The molecule has 19 heavy (non-hydrogen) atoms. The number of rotatable bonds is 8. The first-order valence-corrected chi connectivity index (χ1v) is 6.98. The number of hydrogen-bond acceptors (Lipinski definition) is 3. The Morgan fingerprint density at radius 2 is 1.47 bits per heavy atom. The van der Waals surface area contributed by atoms with Crippen molar-refractivity contribution in [1.29, 1.82) is 0 Å². The Morgan fingerprint density at radius 1 is 1.00 bits per heavy atom. The van der Waals surface area contributed by atoms with Crippen molar-refractivity contribution in [3.63, 3.8) is 0 Å². The molecule has 0 bridgehead atoms. The number of Topliss-reactive ketones (excluding diaryl/α,β-unsaturated/α-hetero) is 1. The van der Waals surface area contributed by atoms with Crippen LogP contribution in [-0.4, -0.2) is 24.3 Å². The van der Waals surface area contributed by atoms with Gasteiger partial charge < -0.3 is 9.47 Å². The first kappa shape index (κ1) is 15.9. The summed E-state index contributed by atoms with van der Waals surface area (Å²) < 4.78 is 11.4. The lowest BCUT2D eigenvalue weighted by atomic mass is 10.1. The quantitative estimate of drug-likeness (QED) is 0.529. The van der Waals surface area contributed by atoms with Crippen molar-refractivity contribution in [3.8, 4) is 0 Å². The lowest BCUT2D eigenvalue weighted by Gasteiger charge is -2.24. The normalized spacial score (nSPS) is 14.4. The van der Waals surface area contributed by atoms with E-state index in [4.69, 9.17) is 9.47 Å². The van der Waals surface area contributed by atoms with Crippen molar-refractivity contribution in [1.82, 2.24) is 0 Å². The van der Waals surface area contributed by atoms with E-state index in [1.165, 1.54) is 0 Å². The van der Waals surface area contributed by atoms with Gasteiger partial charge in [0.05, 0.1) is 12.2 Å². The third-order valence-corrected chi connectivity index (χ3v) is 3.13. The molecule has 0 spiro atoms. The van der Waals surface area contributed by atoms with E-state index in [2.05, 4.69) is 0 Å². The van der Waals surface area contributed by atoms with E-state index >= 15 is 0 Å². The Kier molecular flexibility index (Phi) is 6.74. The van der Waals surface area contributed by atoms with E-state index in [1.807, 2.05) is 45.9 Å². The molecule has 3 nitrogen and oxygen atoms in total. The van der Waals surface area contributed by atoms with Crippen LogP contribution in [0.1, 0.15) is 50.9 Å². The number of hydrogen-bond donors (Lipinski definition) is 0. The topological polar surface area (TPSA) is 35.5 Å². The number of carbonyl (C=O) groups excluding carboxylic acids is 1. The van der Waals surface area contributed by atoms with Gasteiger partial charge in [0.25, 0.3) is 0 Å². The Morgan fingerprint density at radius 3 is 1.89 bits per heavy atom. The zero-order valence-electron chi connectivity index (χ0n) is 12.3. The van der Waals surface area contributed by atoms with Gasteiger partial charge in [-0.1, -0.05) is 44.2 Å². The van der Waals surface area contributed by atoms with Gasteiger partial charge in [-0.05, 0) is 26.7 Å². The summed E-state index contributed by atoms with van der Waals surface area (Å²) in [6.07, 6.45) is 0.890. The fraction of sp³-hybridized carbons (Fsp3) is 0.562. The van der Waals surface area contributed by atoms with E-state index in [9.17, 15) is 4.79 Å². The summed E-state index contributed by atoms with van der Waals surface area (Å²) >= 11 is 0. The number of ketones is 1. The smallest absolute Gasteiger partial charge is 0.223 e. The van der Waals surface area contributed by atoms with Crippen LogP contribution in [0.3, 0.4) is 0 Å². The summed E-state index contributed by atoms with van der Waals surface area (Å²) in [6, 6.07) is 9.15. The molecule has 0 amide bonds. The second-order valence-corrected chi connectivity index (χ2v) is 4.77. The van der Waals surface area contributed by atoms with Crippen molar-refractivity contribution < 1.29 is 14.3 Å². The Bertz CT molecular complexity index is 363. The van der Waals surface area contributed by atoms with E-state index in [1.54, 1.807) is 12.1 Å².